The first-order valence-corrected chi connectivity index (χ1v) is 9.46. The lowest BCUT2D eigenvalue weighted by molar-refractivity contribution is 0.152. The number of likely N-dealkylation sites (tertiary alicyclic amines) is 1. The van der Waals surface area contributed by atoms with E-state index in [9.17, 15) is 9.90 Å². The molecule has 3 N–H and O–H groups in total. The summed E-state index contributed by atoms with van der Waals surface area (Å²) in [5.41, 5.74) is 0.883. The lowest BCUT2D eigenvalue weighted by Crippen LogP contribution is -2.50. The van der Waals surface area contributed by atoms with E-state index >= 15 is 0 Å². The zero-order valence-electron chi connectivity index (χ0n) is 15.7. The maximum absolute atomic E-state index is 12.2. The number of nitrogens with zero attached hydrogens (tertiary/aromatic N) is 1. The molecule has 1 saturated heterocycles. The van der Waals surface area contributed by atoms with Crippen LogP contribution in [0, 0.1) is 5.92 Å². The van der Waals surface area contributed by atoms with Crippen LogP contribution in [0.15, 0.2) is 30.3 Å². The van der Waals surface area contributed by atoms with Crippen LogP contribution < -0.4 is 10.6 Å². The minimum atomic E-state index is -0.559. The van der Waals surface area contributed by atoms with Crippen LogP contribution in [0.2, 0.25) is 0 Å². The number of carbonyl (C=O) groups is 1. The average Bonchev–Trinajstić information content (AvgIpc) is 2.56. The Labute approximate surface area is 151 Å². The molecule has 1 aromatic rings. The number of carbonyl (C=O) groups excluding carboxylic acids is 1. The summed E-state index contributed by atoms with van der Waals surface area (Å²) in [6.45, 7) is 9.63. The predicted octanol–water partition coefficient (Wildman–Crippen LogP) is 2.92. The Morgan fingerprint density at radius 2 is 1.84 bits per heavy atom. The van der Waals surface area contributed by atoms with Crippen LogP contribution in [0.3, 0.4) is 0 Å². The second-order valence-electron chi connectivity index (χ2n) is 7.65. The van der Waals surface area contributed by atoms with Gasteiger partial charge in [-0.1, -0.05) is 44.2 Å². The largest absolute Gasteiger partial charge is 0.388 e. The number of benzene rings is 1. The van der Waals surface area contributed by atoms with Crippen molar-refractivity contribution in [1.29, 1.82) is 0 Å². The van der Waals surface area contributed by atoms with E-state index in [1.165, 1.54) is 0 Å². The lowest BCUT2D eigenvalue weighted by atomic mass is 10.0. The van der Waals surface area contributed by atoms with Gasteiger partial charge in [-0.25, -0.2) is 4.79 Å². The first kappa shape index (κ1) is 19.7. The van der Waals surface area contributed by atoms with Crippen molar-refractivity contribution >= 4 is 6.03 Å². The second kappa shape index (κ2) is 9.78. The van der Waals surface area contributed by atoms with Gasteiger partial charge in [0, 0.05) is 31.7 Å². The molecule has 0 aromatic heterocycles. The van der Waals surface area contributed by atoms with Crippen LogP contribution in [0.25, 0.3) is 0 Å². The molecule has 140 valence electrons. The fraction of sp³-hybridized carbons (Fsp3) is 0.650. The minimum absolute atomic E-state index is 0.0868. The maximum atomic E-state index is 12.2. The molecule has 0 bridgehead atoms. The number of piperidine rings is 1. The van der Waals surface area contributed by atoms with Gasteiger partial charge in [-0.15, -0.1) is 0 Å². The standard InChI is InChI=1S/C20H33N3O2/c1-15(2)14-23-11-9-18(10-12-23)22-20(25)21-16(3)13-19(24)17-7-5-4-6-8-17/h4-8,15-16,18-19,24H,9-14H2,1-3H3,(H2,21,22,25). The number of aliphatic hydroxyl groups is 1. The summed E-state index contributed by atoms with van der Waals surface area (Å²) < 4.78 is 0. The van der Waals surface area contributed by atoms with Gasteiger partial charge < -0.3 is 20.6 Å². The molecule has 0 saturated carbocycles. The molecule has 5 heteroatoms. The van der Waals surface area contributed by atoms with Crippen molar-refractivity contribution in [2.24, 2.45) is 5.92 Å². The summed E-state index contributed by atoms with van der Waals surface area (Å²) in [5.74, 6) is 0.685. The highest BCUT2D eigenvalue weighted by Crippen LogP contribution is 2.17. The zero-order valence-corrected chi connectivity index (χ0v) is 15.7. The van der Waals surface area contributed by atoms with Crippen molar-refractivity contribution in [3.63, 3.8) is 0 Å². The number of nitrogens with one attached hydrogen (secondary N) is 2. The number of rotatable bonds is 7. The molecule has 1 aliphatic rings. The third kappa shape index (κ3) is 7.04. The molecule has 2 rings (SSSR count). The van der Waals surface area contributed by atoms with Crippen molar-refractivity contribution in [1.82, 2.24) is 15.5 Å². The molecule has 1 aliphatic heterocycles. The van der Waals surface area contributed by atoms with Gasteiger partial charge in [-0.3, -0.25) is 0 Å². The summed E-state index contributed by atoms with van der Waals surface area (Å²) in [5, 5.41) is 16.3. The van der Waals surface area contributed by atoms with Crippen molar-refractivity contribution in [2.45, 2.75) is 58.2 Å². The summed E-state index contributed by atoms with van der Waals surface area (Å²) in [6, 6.07) is 9.59. The predicted molar refractivity (Wildman–Crippen MR) is 101 cm³/mol. The van der Waals surface area contributed by atoms with Gasteiger partial charge in [-0.2, -0.15) is 0 Å². The van der Waals surface area contributed by atoms with E-state index in [-0.39, 0.29) is 18.1 Å². The molecule has 1 fully saturated rings. The summed E-state index contributed by atoms with van der Waals surface area (Å²) in [7, 11) is 0. The monoisotopic (exact) mass is 347 g/mol. The SMILES string of the molecule is CC(C)CN1CCC(NC(=O)NC(C)CC(O)c2ccccc2)CC1. The van der Waals surface area contributed by atoms with E-state index in [1.807, 2.05) is 37.3 Å². The molecule has 1 heterocycles. The van der Waals surface area contributed by atoms with Crippen molar-refractivity contribution in [3.05, 3.63) is 35.9 Å². The van der Waals surface area contributed by atoms with Gasteiger partial charge in [0.15, 0.2) is 0 Å². The van der Waals surface area contributed by atoms with E-state index < -0.39 is 6.10 Å². The Bertz CT molecular complexity index is 513. The quantitative estimate of drug-likeness (QED) is 0.710. The molecular weight excluding hydrogens is 314 g/mol. The molecule has 2 unspecified atom stereocenters. The average molecular weight is 348 g/mol. The van der Waals surface area contributed by atoms with E-state index in [0.717, 1.165) is 38.0 Å². The number of urea groups is 1. The van der Waals surface area contributed by atoms with Crippen molar-refractivity contribution in [3.8, 4) is 0 Å². The Kier molecular flexibility index (Phi) is 7.72. The number of hydrogen-bond donors (Lipinski definition) is 3. The summed E-state index contributed by atoms with van der Waals surface area (Å²) >= 11 is 0. The highest BCUT2D eigenvalue weighted by molar-refractivity contribution is 5.74. The van der Waals surface area contributed by atoms with Gasteiger partial charge in [0.1, 0.15) is 0 Å². The van der Waals surface area contributed by atoms with Gasteiger partial charge in [0.05, 0.1) is 6.10 Å². The van der Waals surface area contributed by atoms with E-state index in [4.69, 9.17) is 0 Å². The van der Waals surface area contributed by atoms with Crippen LogP contribution in [-0.4, -0.2) is 47.8 Å². The Balaban J connectivity index is 1.68. The molecule has 2 amide bonds. The van der Waals surface area contributed by atoms with E-state index in [0.29, 0.717) is 12.3 Å². The van der Waals surface area contributed by atoms with E-state index in [2.05, 4.69) is 29.4 Å². The van der Waals surface area contributed by atoms with Crippen LogP contribution in [-0.2, 0) is 0 Å². The zero-order chi connectivity index (χ0) is 18.2. The van der Waals surface area contributed by atoms with Crippen molar-refractivity contribution < 1.29 is 9.90 Å². The molecule has 0 radical (unpaired) electrons. The summed E-state index contributed by atoms with van der Waals surface area (Å²) in [4.78, 5) is 14.7. The van der Waals surface area contributed by atoms with E-state index in [1.54, 1.807) is 0 Å². The highest BCUT2D eigenvalue weighted by atomic mass is 16.3. The van der Waals surface area contributed by atoms with Gasteiger partial charge >= 0.3 is 6.03 Å². The highest BCUT2D eigenvalue weighted by Gasteiger charge is 2.22. The fourth-order valence-electron chi connectivity index (χ4n) is 3.43. The third-order valence-corrected chi connectivity index (χ3v) is 4.68. The van der Waals surface area contributed by atoms with Crippen LogP contribution >= 0.6 is 0 Å². The molecule has 5 nitrogen and oxygen atoms in total. The van der Waals surface area contributed by atoms with Gasteiger partial charge in [0.25, 0.3) is 0 Å². The first-order valence-electron chi connectivity index (χ1n) is 9.46. The normalized spacial score (nSPS) is 18.8. The number of amides is 2. The minimum Gasteiger partial charge on any atom is -0.388 e. The number of hydrogen-bond acceptors (Lipinski definition) is 3. The fourth-order valence-corrected chi connectivity index (χ4v) is 3.43. The Morgan fingerprint density at radius 1 is 1.20 bits per heavy atom. The topological polar surface area (TPSA) is 64.6 Å². The van der Waals surface area contributed by atoms with Crippen LogP contribution in [0.1, 0.15) is 51.7 Å². The molecule has 0 spiro atoms. The van der Waals surface area contributed by atoms with Gasteiger partial charge in [0.2, 0.25) is 0 Å². The number of aliphatic hydroxyl groups excluding tert-OH is 1. The molecule has 2 atom stereocenters. The Morgan fingerprint density at radius 3 is 2.44 bits per heavy atom. The van der Waals surface area contributed by atoms with Crippen LogP contribution in [0.4, 0.5) is 4.79 Å². The maximum Gasteiger partial charge on any atom is 0.315 e. The Hall–Kier alpha value is -1.59. The smallest absolute Gasteiger partial charge is 0.315 e. The van der Waals surface area contributed by atoms with Gasteiger partial charge in [-0.05, 0) is 37.7 Å². The molecule has 25 heavy (non-hydrogen) atoms. The first-order chi connectivity index (χ1) is 11.9. The molecule has 0 aliphatic carbocycles. The molecular formula is C20H33N3O2. The third-order valence-electron chi connectivity index (χ3n) is 4.68. The molecule has 1 aromatic carbocycles. The van der Waals surface area contributed by atoms with Crippen molar-refractivity contribution in [2.75, 3.05) is 19.6 Å². The second-order valence-corrected chi connectivity index (χ2v) is 7.65. The lowest BCUT2D eigenvalue weighted by Gasteiger charge is -2.33. The van der Waals surface area contributed by atoms with Crippen LogP contribution in [0.5, 0.6) is 0 Å². The summed E-state index contributed by atoms with van der Waals surface area (Å²) in [6.07, 6.45) is 1.95.